The van der Waals surface area contributed by atoms with Crippen LogP contribution in [0.15, 0.2) is 48.0 Å². The molecule has 3 aromatic rings. The Hall–Kier alpha value is -3.06. The molecular formula is C20H20N4O2S. The van der Waals surface area contributed by atoms with Crippen LogP contribution in [0.4, 0.5) is 10.8 Å². The van der Waals surface area contributed by atoms with E-state index in [2.05, 4.69) is 15.3 Å². The third-order valence-electron chi connectivity index (χ3n) is 4.09. The maximum atomic E-state index is 12.3. The van der Waals surface area contributed by atoms with Crippen LogP contribution >= 0.6 is 11.3 Å². The van der Waals surface area contributed by atoms with E-state index < -0.39 is 0 Å². The summed E-state index contributed by atoms with van der Waals surface area (Å²) in [5, 5.41) is 5.22. The van der Waals surface area contributed by atoms with Gasteiger partial charge in [0.05, 0.1) is 17.0 Å². The van der Waals surface area contributed by atoms with Crippen molar-refractivity contribution in [3.8, 4) is 11.3 Å². The number of amides is 2. The molecule has 6 nitrogen and oxygen atoms in total. The summed E-state index contributed by atoms with van der Waals surface area (Å²) in [5.41, 5.74) is 3.85. The number of carbonyl (C=O) groups is 2. The number of pyridine rings is 1. The standard InChI is InChI=1S/C20H20N4O2S/c1-4-18(25)24(3)16-8-5-14(6-9-16)17-10-7-15(11-21-17)19(26)23-20-22-13(2)12-27-20/h5-12H,4H2,1-3H3,(H,22,23,26). The molecule has 7 heteroatoms. The summed E-state index contributed by atoms with van der Waals surface area (Å²) in [5.74, 6) is -0.176. The van der Waals surface area contributed by atoms with E-state index in [0.717, 1.165) is 22.6 Å². The summed E-state index contributed by atoms with van der Waals surface area (Å²) in [6.45, 7) is 3.72. The summed E-state index contributed by atoms with van der Waals surface area (Å²) in [4.78, 5) is 34.3. The molecule has 0 atom stereocenters. The van der Waals surface area contributed by atoms with Gasteiger partial charge in [-0.05, 0) is 31.2 Å². The van der Waals surface area contributed by atoms with Crippen molar-refractivity contribution < 1.29 is 9.59 Å². The molecule has 1 N–H and O–H groups in total. The second-order valence-electron chi connectivity index (χ2n) is 6.03. The van der Waals surface area contributed by atoms with Gasteiger partial charge >= 0.3 is 0 Å². The highest BCUT2D eigenvalue weighted by Gasteiger charge is 2.11. The van der Waals surface area contributed by atoms with E-state index in [1.54, 1.807) is 30.3 Å². The molecule has 0 bridgehead atoms. The maximum absolute atomic E-state index is 12.3. The second kappa shape index (κ2) is 8.09. The minimum absolute atomic E-state index is 0.0617. The lowest BCUT2D eigenvalue weighted by atomic mass is 10.1. The molecule has 0 unspecified atom stereocenters. The molecule has 0 aliphatic heterocycles. The average molecular weight is 380 g/mol. The molecule has 0 aliphatic carbocycles. The van der Waals surface area contributed by atoms with E-state index in [4.69, 9.17) is 0 Å². The lowest BCUT2D eigenvalue weighted by molar-refractivity contribution is -0.118. The SMILES string of the molecule is CCC(=O)N(C)c1ccc(-c2ccc(C(=O)Nc3nc(C)cs3)cn2)cc1. The monoisotopic (exact) mass is 380 g/mol. The Bertz CT molecular complexity index is 949. The predicted octanol–water partition coefficient (Wildman–Crippen LogP) is 4.14. The average Bonchev–Trinajstić information content (AvgIpc) is 3.11. The van der Waals surface area contributed by atoms with Crippen LogP contribution in [0.1, 0.15) is 29.4 Å². The highest BCUT2D eigenvalue weighted by atomic mass is 32.1. The summed E-state index contributed by atoms with van der Waals surface area (Å²) in [7, 11) is 1.76. The van der Waals surface area contributed by atoms with Crippen LogP contribution in [-0.2, 0) is 4.79 Å². The van der Waals surface area contributed by atoms with E-state index in [1.165, 1.54) is 11.3 Å². The first-order chi connectivity index (χ1) is 13.0. The van der Waals surface area contributed by atoms with Gasteiger partial charge < -0.3 is 4.90 Å². The Balaban J connectivity index is 1.71. The van der Waals surface area contributed by atoms with Crippen LogP contribution < -0.4 is 10.2 Å². The Kier molecular flexibility index (Phi) is 5.61. The van der Waals surface area contributed by atoms with Gasteiger partial charge in [-0.15, -0.1) is 11.3 Å². The van der Waals surface area contributed by atoms with Crippen molar-refractivity contribution in [1.29, 1.82) is 0 Å². The van der Waals surface area contributed by atoms with Crippen molar-refractivity contribution in [2.24, 2.45) is 0 Å². The highest BCUT2D eigenvalue weighted by Crippen LogP contribution is 2.22. The third-order valence-corrected chi connectivity index (χ3v) is 4.97. The molecule has 2 aromatic heterocycles. The fraction of sp³-hybridized carbons (Fsp3) is 0.200. The minimum atomic E-state index is -0.238. The van der Waals surface area contributed by atoms with Crippen LogP contribution in [0, 0.1) is 6.92 Å². The molecule has 0 saturated carbocycles. The number of carbonyl (C=O) groups excluding carboxylic acids is 2. The van der Waals surface area contributed by atoms with E-state index in [9.17, 15) is 9.59 Å². The number of thiazole rings is 1. The van der Waals surface area contributed by atoms with Gasteiger partial charge in [-0.25, -0.2) is 4.98 Å². The van der Waals surface area contributed by atoms with Gasteiger partial charge in [0.15, 0.2) is 5.13 Å². The molecule has 1 aromatic carbocycles. The lowest BCUT2D eigenvalue weighted by Crippen LogP contribution is -2.24. The first-order valence-corrected chi connectivity index (χ1v) is 9.42. The lowest BCUT2D eigenvalue weighted by Gasteiger charge is -2.16. The van der Waals surface area contributed by atoms with E-state index in [1.807, 2.05) is 43.5 Å². The highest BCUT2D eigenvalue weighted by molar-refractivity contribution is 7.13. The Morgan fingerprint density at radius 1 is 1.15 bits per heavy atom. The van der Waals surface area contributed by atoms with Crippen LogP contribution in [0.25, 0.3) is 11.3 Å². The van der Waals surface area contributed by atoms with Gasteiger partial charge in [-0.1, -0.05) is 19.1 Å². The normalized spacial score (nSPS) is 10.5. The van der Waals surface area contributed by atoms with Gasteiger partial charge in [-0.3, -0.25) is 19.9 Å². The number of nitrogens with zero attached hydrogens (tertiary/aromatic N) is 3. The Morgan fingerprint density at radius 3 is 2.44 bits per heavy atom. The first-order valence-electron chi connectivity index (χ1n) is 8.54. The topological polar surface area (TPSA) is 75.2 Å². The number of aromatic nitrogens is 2. The molecule has 0 radical (unpaired) electrons. The number of aryl methyl sites for hydroxylation is 1. The van der Waals surface area contributed by atoms with E-state index >= 15 is 0 Å². The molecular weight excluding hydrogens is 360 g/mol. The zero-order valence-electron chi connectivity index (χ0n) is 15.4. The fourth-order valence-corrected chi connectivity index (χ4v) is 3.20. The van der Waals surface area contributed by atoms with E-state index in [-0.39, 0.29) is 11.8 Å². The minimum Gasteiger partial charge on any atom is -0.316 e. The van der Waals surface area contributed by atoms with Crippen molar-refractivity contribution >= 4 is 34.0 Å². The van der Waals surface area contributed by atoms with Crippen LogP contribution in [0.3, 0.4) is 0 Å². The quantitative estimate of drug-likeness (QED) is 0.722. The second-order valence-corrected chi connectivity index (χ2v) is 6.89. The van der Waals surface area contributed by atoms with Crippen LogP contribution in [-0.4, -0.2) is 28.8 Å². The molecule has 0 fully saturated rings. The summed E-state index contributed by atoms with van der Waals surface area (Å²) < 4.78 is 0. The van der Waals surface area contributed by atoms with Crippen molar-refractivity contribution in [3.63, 3.8) is 0 Å². The van der Waals surface area contributed by atoms with Crippen molar-refractivity contribution in [3.05, 3.63) is 59.2 Å². The zero-order chi connectivity index (χ0) is 19.4. The first kappa shape index (κ1) is 18.7. The molecule has 3 rings (SSSR count). The largest absolute Gasteiger partial charge is 0.316 e. The van der Waals surface area contributed by atoms with Gasteiger partial charge in [0.1, 0.15) is 0 Å². The number of rotatable bonds is 5. The zero-order valence-corrected chi connectivity index (χ0v) is 16.2. The maximum Gasteiger partial charge on any atom is 0.259 e. The van der Waals surface area contributed by atoms with Gasteiger partial charge in [0, 0.05) is 36.3 Å². The Labute approximate surface area is 161 Å². The number of benzene rings is 1. The summed E-state index contributed by atoms with van der Waals surface area (Å²) >= 11 is 1.39. The van der Waals surface area contributed by atoms with Gasteiger partial charge in [0.2, 0.25) is 5.91 Å². The van der Waals surface area contributed by atoms with Crippen LogP contribution in [0.2, 0.25) is 0 Å². The molecule has 0 spiro atoms. The van der Waals surface area contributed by atoms with Crippen LogP contribution in [0.5, 0.6) is 0 Å². The van der Waals surface area contributed by atoms with Crippen molar-refractivity contribution in [2.45, 2.75) is 20.3 Å². The van der Waals surface area contributed by atoms with Gasteiger partial charge in [0.25, 0.3) is 5.91 Å². The molecule has 2 heterocycles. The molecule has 138 valence electrons. The molecule has 0 aliphatic rings. The van der Waals surface area contributed by atoms with Gasteiger partial charge in [-0.2, -0.15) is 0 Å². The molecule has 0 saturated heterocycles. The molecule has 2 amide bonds. The molecule has 27 heavy (non-hydrogen) atoms. The number of hydrogen-bond acceptors (Lipinski definition) is 5. The smallest absolute Gasteiger partial charge is 0.259 e. The summed E-state index contributed by atoms with van der Waals surface area (Å²) in [6.07, 6.45) is 2.01. The third kappa shape index (κ3) is 4.38. The fourth-order valence-electron chi connectivity index (χ4n) is 2.52. The Morgan fingerprint density at radius 2 is 1.89 bits per heavy atom. The number of hydrogen-bond donors (Lipinski definition) is 1. The van der Waals surface area contributed by atoms with Crippen molar-refractivity contribution in [1.82, 2.24) is 9.97 Å². The number of nitrogens with one attached hydrogen (secondary N) is 1. The summed E-state index contributed by atoms with van der Waals surface area (Å²) in [6, 6.07) is 11.1. The van der Waals surface area contributed by atoms with E-state index in [0.29, 0.717) is 17.1 Å². The number of anilines is 2. The van der Waals surface area contributed by atoms with Crippen molar-refractivity contribution in [2.75, 3.05) is 17.3 Å². The predicted molar refractivity (Wildman–Crippen MR) is 108 cm³/mol.